The molecule has 0 saturated heterocycles. The van der Waals surface area contributed by atoms with Crippen LogP contribution in [-0.4, -0.2) is 36.6 Å². The molecule has 2 heterocycles. The molecule has 0 spiro atoms. The number of hydrogen-bond acceptors (Lipinski definition) is 5. The van der Waals surface area contributed by atoms with E-state index in [1.165, 1.54) is 16.7 Å². The van der Waals surface area contributed by atoms with Gasteiger partial charge in [0.25, 0.3) is 5.56 Å². The first-order valence-corrected chi connectivity index (χ1v) is 13.7. The van der Waals surface area contributed by atoms with Crippen molar-refractivity contribution in [3.63, 3.8) is 0 Å². The third-order valence-corrected chi connectivity index (χ3v) is 7.67. The van der Waals surface area contributed by atoms with Gasteiger partial charge in [0.2, 0.25) is 0 Å². The maximum atomic E-state index is 13.3. The molecular weight excluding hydrogens is 484 g/mol. The fourth-order valence-electron chi connectivity index (χ4n) is 5.26. The van der Waals surface area contributed by atoms with E-state index in [1.54, 1.807) is 0 Å². The Kier molecular flexibility index (Phi) is 8.27. The van der Waals surface area contributed by atoms with Crippen LogP contribution in [0, 0.1) is 13.8 Å². The summed E-state index contributed by atoms with van der Waals surface area (Å²) in [6, 6.07) is 27.1. The van der Waals surface area contributed by atoms with Crippen LogP contribution in [0.4, 0.5) is 0 Å². The smallest absolute Gasteiger partial charge is 0.252 e. The predicted molar refractivity (Wildman–Crippen MR) is 156 cm³/mol. The van der Waals surface area contributed by atoms with Crippen molar-refractivity contribution in [1.29, 1.82) is 0 Å². The van der Waals surface area contributed by atoms with Crippen LogP contribution >= 0.6 is 0 Å². The summed E-state index contributed by atoms with van der Waals surface area (Å²) in [4.78, 5) is 18.8. The van der Waals surface area contributed by atoms with Crippen LogP contribution in [0.2, 0.25) is 0 Å². The number of aromatic nitrogens is 5. The number of aromatic amines is 1. The summed E-state index contributed by atoms with van der Waals surface area (Å²) < 4.78 is 1.92. The molecule has 2 aromatic heterocycles. The van der Waals surface area contributed by atoms with Gasteiger partial charge in [-0.15, -0.1) is 5.10 Å². The van der Waals surface area contributed by atoms with Crippen LogP contribution in [0.15, 0.2) is 83.7 Å². The molecule has 1 atom stereocenters. The van der Waals surface area contributed by atoms with Crippen molar-refractivity contribution in [3.8, 4) is 0 Å². The molecule has 0 fully saturated rings. The maximum Gasteiger partial charge on any atom is 0.252 e. The lowest BCUT2D eigenvalue weighted by Crippen LogP contribution is -2.34. The van der Waals surface area contributed by atoms with Crippen molar-refractivity contribution in [1.82, 2.24) is 30.1 Å². The molecular formula is C32H36N6O. The van der Waals surface area contributed by atoms with E-state index in [2.05, 4.69) is 107 Å². The number of nitrogens with zero attached hydrogens (tertiary/aromatic N) is 5. The van der Waals surface area contributed by atoms with E-state index >= 15 is 0 Å². The van der Waals surface area contributed by atoms with E-state index in [1.807, 2.05) is 22.9 Å². The number of hydrogen-bond donors (Lipinski definition) is 1. The summed E-state index contributed by atoms with van der Waals surface area (Å²) in [5.41, 5.74) is 6.42. The summed E-state index contributed by atoms with van der Waals surface area (Å²) in [6.45, 7) is 8.27. The summed E-state index contributed by atoms with van der Waals surface area (Å²) in [5, 5.41) is 13.9. The first-order valence-electron chi connectivity index (χ1n) is 13.7. The SMILES string of the molecule is CC[C@H](c1nnnn1CCc1ccccc1)N(CCc1ccccc1)Cc1cc2ccc(C)c(C)c2[nH]c1=O. The number of benzene rings is 3. The van der Waals surface area contributed by atoms with Crippen molar-refractivity contribution in [3.05, 3.63) is 123 Å². The Morgan fingerprint density at radius 3 is 2.31 bits per heavy atom. The van der Waals surface area contributed by atoms with Crippen LogP contribution in [0.5, 0.6) is 0 Å². The Bertz CT molecular complexity index is 1580. The van der Waals surface area contributed by atoms with E-state index < -0.39 is 0 Å². The Balaban J connectivity index is 1.45. The molecule has 0 unspecified atom stereocenters. The molecule has 39 heavy (non-hydrogen) atoms. The zero-order chi connectivity index (χ0) is 27.2. The van der Waals surface area contributed by atoms with Crippen molar-refractivity contribution in [2.24, 2.45) is 0 Å². The highest BCUT2D eigenvalue weighted by Gasteiger charge is 2.26. The van der Waals surface area contributed by atoms with E-state index in [-0.39, 0.29) is 11.6 Å². The Morgan fingerprint density at radius 1 is 0.923 bits per heavy atom. The summed E-state index contributed by atoms with van der Waals surface area (Å²) in [6.07, 6.45) is 2.54. The molecule has 0 radical (unpaired) electrons. The van der Waals surface area contributed by atoms with Gasteiger partial charge in [-0.3, -0.25) is 9.69 Å². The fourth-order valence-corrected chi connectivity index (χ4v) is 5.26. The van der Waals surface area contributed by atoms with Crippen LogP contribution in [-0.2, 0) is 25.9 Å². The highest BCUT2D eigenvalue weighted by atomic mass is 16.1. The molecule has 5 rings (SSSR count). The summed E-state index contributed by atoms with van der Waals surface area (Å²) in [5.74, 6) is 0.838. The lowest BCUT2D eigenvalue weighted by Gasteiger charge is -2.30. The molecule has 0 aliphatic rings. The number of fused-ring (bicyclic) bond motifs is 1. The minimum atomic E-state index is -0.0422. The zero-order valence-electron chi connectivity index (χ0n) is 23.0. The molecule has 0 aliphatic carbocycles. The molecule has 0 bridgehead atoms. The Labute approximate surface area is 229 Å². The number of pyridine rings is 1. The van der Waals surface area contributed by atoms with Crippen LogP contribution in [0.3, 0.4) is 0 Å². The topological polar surface area (TPSA) is 79.7 Å². The van der Waals surface area contributed by atoms with E-state index in [4.69, 9.17) is 0 Å². The van der Waals surface area contributed by atoms with Gasteiger partial charge in [0, 0.05) is 25.2 Å². The summed E-state index contributed by atoms with van der Waals surface area (Å²) >= 11 is 0. The van der Waals surface area contributed by atoms with Gasteiger partial charge in [-0.25, -0.2) is 4.68 Å². The van der Waals surface area contributed by atoms with Crippen LogP contribution in [0.1, 0.15) is 53.0 Å². The Morgan fingerprint density at radius 2 is 1.62 bits per heavy atom. The predicted octanol–water partition coefficient (Wildman–Crippen LogP) is 5.57. The fraction of sp³-hybridized carbons (Fsp3) is 0.312. The van der Waals surface area contributed by atoms with Gasteiger partial charge in [0.05, 0.1) is 11.6 Å². The second kappa shape index (κ2) is 12.2. The normalized spacial score (nSPS) is 12.3. The maximum absolute atomic E-state index is 13.3. The monoisotopic (exact) mass is 520 g/mol. The molecule has 0 saturated carbocycles. The van der Waals surface area contributed by atoms with Gasteiger partial charge in [-0.1, -0.05) is 79.7 Å². The highest BCUT2D eigenvalue weighted by Crippen LogP contribution is 2.26. The van der Waals surface area contributed by atoms with Gasteiger partial charge in [0.15, 0.2) is 5.82 Å². The molecule has 0 amide bonds. The van der Waals surface area contributed by atoms with E-state index in [0.717, 1.165) is 53.7 Å². The number of aryl methyl sites for hydroxylation is 4. The molecule has 200 valence electrons. The third-order valence-electron chi connectivity index (χ3n) is 7.67. The van der Waals surface area contributed by atoms with Gasteiger partial charge in [-0.2, -0.15) is 0 Å². The molecule has 1 N–H and O–H groups in total. The van der Waals surface area contributed by atoms with Crippen molar-refractivity contribution < 1.29 is 0 Å². The van der Waals surface area contributed by atoms with Crippen LogP contribution < -0.4 is 5.56 Å². The molecule has 5 aromatic rings. The molecule has 3 aromatic carbocycles. The number of nitrogens with one attached hydrogen (secondary N) is 1. The average molecular weight is 521 g/mol. The number of tetrazole rings is 1. The third kappa shape index (κ3) is 6.15. The van der Waals surface area contributed by atoms with Gasteiger partial charge in [-0.05, 0) is 77.2 Å². The van der Waals surface area contributed by atoms with Gasteiger partial charge >= 0.3 is 0 Å². The molecule has 7 nitrogen and oxygen atoms in total. The summed E-state index contributed by atoms with van der Waals surface area (Å²) in [7, 11) is 0. The van der Waals surface area contributed by atoms with Crippen LogP contribution in [0.25, 0.3) is 10.9 Å². The lowest BCUT2D eigenvalue weighted by atomic mass is 10.0. The van der Waals surface area contributed by atoms with Crippen molar-refractivity contribution >= 4 is 10.9 Å². The minimum absolute atomic E-state index is 0.0330. The number of H-pyrrole nitrogens is 1. The lowest BCUT2D eigenvalue weighted by molar-refractivity contribution is 0.171. The minimum Gasteiger partial charge on any atom is -0.321 e. The second-order valence-electron chi connectivity index (χ2n) is 10.2. The largest absolute Gasteiger partial charge is 0.321 e. The standard InChI is InChI=1S/C32H36N6O/c1-4-29(31-34-35-36-38(31)20-18-26-13-9-6-10-14-26)37(19-17-25-11-7-5-8-12-25)22-28-21-27-16-15-23(2)24(3)30(27)33-32(28)39/h5-16,21,29H,4,17-20,22H2,1-3H3,(H,33,39)/t29-/m1/s1. The highest BCUT2D eigenvalue weighted by molar-refractivity contribution is 5.83. The van der Waals surface area contributed by atoms with Crippen molar-refractivity contribution in [2.45, 2.75) is 59.2 Å². The van der Waals surface area contributed by atoms with Crippen molar-refractivity contribution in [2.75, 3.05) is 6.54 Å². The molecule has 7 heteroatoms. The first kappa shape index (κ1) is 26.5. The first-order chi connectivity index (χ1) is 19.0. The van der Waals surface area contributed by atoms with E-state index in [9.17, 15) is 4.79 Å². The average Bonchev–Trinajstić information content (AvgIpc) is 3.43. The van der Waals surface area contributed by atoms with Gasteiger partial charge < -0.3 is 4.98 Å². The quantitative estimate of drug-likeness (QED) is 0.246. The second-order valence-corrected chi connectivity index (χ2v) is 10.2. The number of rotatable bonds is 11. The Hall–Kier alpha value is -4.10. The van der Waals surface area contributed by atoms with E-state index in [0.29, 0.717) is 13.1 Å². The zero-order valence-corrected chi connectivity index (χ0v) is 23.0. The molecule has 0 aliphatic heterocycles. The van der Waals surface area contributed by atoms with Gasteiger partial charge in [0.1, 0.15) is 0 Å².